The number of amides is 2. The van der Waals surface area contributed by atoms with E-state index in [-0.39, 0.29) is 28.6 Å². The molecule has 0 saturated carbocycles. The molecule has 10 heteroatoms. The second-order valence-electron chi connectivity index (χ2n) is 11.1. The molecule has 224 valence electrons. The van der Waals surface area contributed by atoms with Crippen LogP contribution in [-0.2, 0) is 17.5 Å². The van der Waals surface area contributed by atoms with E-state index in [2.05, 4.69) is 15.5 Å². The number of aromatic nitrogens is 1. The average Bonchev–Trinajstić information content (AvgIpc) is 3.01. The van der Waals surface area contributed by atoms with Gasteiger partial charge in [0.1, 0.15) is 0 Å². The van der Waals surface area contributed by atoms with Gasteiger partial charge in [0.25, 0.3) is 11.5 Å². The monoisotopic (exact) mass is 598 g/mol. The lowest BCUT2D eigenvalue weighted by atomic mass is 9.83. The number of hydrogen-bond donors (Lipinski definition) is 2. The highest BCUT2D eigenvalue weighted by Gasteiger charge is 2.35. The Kier molecular flexibility index (Phi) is 7.82. The zero-order valence-corrected chi connectivity index (χ0v) is 23.6. The van der Waals surface area contributed by atoms with Crippen LogP contribution in [0.3, 0.4) is 0 Å². The molecule has 2 aliphatic rings. The first-order valence-electron chi connectivity index (χ1n) is 14.3. The molecule has 1 saturated heterocycles. The third-order valence-corrected chi connectivity index (χ3v) is 8.01. The summed E-state index contributed by atoms with van der Waals surface area (Å²) in [6, 6.07) is 24.0. The summed E-state index contributed by atoms with van der Waals surface area (Å²) in [4.78, 5) is 40.9. The van der Waals surface area contributed by atoms with E-state index in [0.29, 0.717) is 31.0 Å². The molecule has 3 aromatic carbocycles. The molecule has 2 bridgehead atoms. The van der Waals surface area contributed by atoms with Crippen LogP contribution in [0.2, 0.25) is 0 Å². The first-order chi connectivity index (χ1) is 21.1. The minimum absolute atomic E-state index is 0.00282. The molecule has 44 heavy (non-hydrogen) atoms. The number of nitrogens with zero attached hydrogens (tertiary/aromatic N) is 2. The molecule has 1 fully saturated rings. The highest BCUT2D eigenvalue weighted by atomic mass is 19.4. The van der Waals surface area contributed by atoms with Gasteiger partial charge in [-0.15, -0.1) is 0 Å². The predicted molar refractivity (Wildman–Crippen MR) is 164 cm³/mol. The molecule has 4 aromatic rings. The quantitative estimate of drug-likeness (QED) is 0.252. The predicted octanol–water partition coefficient (Wildman–Crippen LogP) is 6.40. The lowest BCUT2D eigenvalue weighted by Crippen LogP contribution is -2.47. The Morgan fingerprint density at radius 2 is 1.64 bits per heavy atom. The van der Waals surface area contributed by atoms with Crippen LogP contribution >= 0.6 is 0 Å². The van der Waals surface area contributed by atoms with Crippen molar-refractivity contribution in [3.8, 4) is 0 Å². The molecule has 2 amide bonds. The number of anilines is 3. The molecular formula is C34H29F3N4O3. The second-order valence-corrected chi connectivity index (χ2v) is 11.1. The van der Waals surface area contributed by atoms with Crippen LogP contribution in [-0.4, -0.2) is 29.5 Å². The average molecular weight is 599 g/mol. The van der Waals surface area contributed by atoms with Crippen LogP contribution in [0.1, 0.15) is 39.5 Å². The molecule has 3 heterocycles. The van der Waals surface area contributed by atoms with Gasteiger partial charge in [0, 0.05) is 54.6 Å². The van der Waals surface area contributed by atoms with Gasteiger partial charge in [0.2, 0.25) is 5.91 Å². The standard InChI is InChI=1S/C34H29F3N4O3/c35-34(36,37)26-8-4-9-27(18-26)38-33(44)24-13-14-30(28(17-24)39-31(42)15-12-22-6-2-1-3-7-22)40-19-23-16-25(21-40)29-10-5-11-32(43)41(29)20-23/h1-15,17-18,23,25H,16,19-21H2,(H,38,44)(H,39,42). The van der Waals surface area contributed by atoms with Crippen molar-refractivity contribution in [1.29, 1.82) is 0 Å². The molecule has 7 nitrogen and oxygen atoms in total. The van der Waals surface area contributed by atoms with Crippen molar-refractivity contribution in [2.75, 3.05) is 28.6 Å². The largest absolute Gasteiger partial charge is 0.416 e. The Bertz CT molecular complexity index is 1800. The summed E-state index contributed by atoms with van der Waals surface area (Å²) in [6.07, 6.45) is -0.520. The maximum Gasteiger partial charge on any atom is 0.416 e. The number of hydrogen-bond acceptors (Lipinski definition) is 4. The van der Waals surface area contributed by atoms with Crippen LogP contribution in [0.5, 0.6) is 0 Å². The van der Waals surface area contributed by atoms with E-state index in [0.717, 1.165) is 29.8 Å². The van der Waals surface area contributed by atoms with Gasteiger partial charge in [0.15, 0.2) is 0 Å². The molecule has 2 atom stereocenters. The zero-order valence-electron chi connectivity index (χ0n) is 23.6. The molecule has 2 unspecified atom stereocenters. The lowest BCUT2D eigenvalue weighted by Gasteiger charge is -2.44. The van der Waals surface area contributed by atoms with Gasteiger partial charge in [-0.1, -0.05) is 42.5 Å². The summed E-state index contributed by atoms with van der Waals surface area (Å²) in [5, 5.41) is 5.44. The van der Waals surface area contributed by atoms with Gasteiger partial charge in [-0.2, -0.15) is 13.2 Å². The number of nitrogens with one attached hydrogen (secondary N) is 2. The number of rotatable bonds is 6. The maximum atomic E-state index is 13.2. The van der Waals surface area contributed by atoms with Crippen LogP contribution in [0.4, 0.5) is 30.2 Å². The maximum absolute atomic E-state index is 13.2. The summed E-state index contributed by atoms with van der Waals surface area (Å²) in [6.45, 7) is 1.86. The topological polar surface area (TPSA) is 83.4 Å². The number of alkyl halides is 3. The SMILES string of the molecule is O=C(C=Cc1ccccc1)Nc1cc(C(=O)Nc2cccc(C(F)(F)F)c2)ccc1N1CC2CC(C1)c1cccc(=O)n1C2. The van der Waals surface area contributed by atoms with Crippen LogP contribution in [0.15, 0.2) is 102 Å². The van der Waals surface area contributed by atoms with Crippen molar-refractivity contribution in [3.05, 3.63) is 130 Å². The van der Waals surface area contributed by atoms with Crippen molar-refractivity contribution in [3.63, 3.8) is 0 Å². The van der Waals surface area contributed by atoms with Gasteiger partial charge < -0.3 is 20.1 Å². The number of fused-ring (bicyclic) bond motifs is 4. The summed E-state index contributed by atoms with van der Waals surface area (Å²) >= 11 is 0. The number of carbonyl (C=O) groups excluding carboxylic acids is 2. The minimum Gasteiger partial charge on any atom is -0.369 e. The van der Waals surface area contributed by atoms with Crippen molar-refractivity contribution < 1.29 is 22.8 Å². The number of carbonyl (C=O) groups is 2. The third kappa shape index (κ3) is 6.29. The van der Waals surface area contributed by atoms with E-state index in [1.165, 1.54) is 24.3 Å². The first kappa shape index (κ1) is 29.0. The normalized spacial score (nSPS) is 17.7. The molecule has 6 rings (SSSR count). The van der Waals surface area contributed by atoms with Crippen molar-refractivity contribution in [1.82, 2.24) is 4.57 Å². The van der Waals surface area contributed by atoms with Gasteiger partial charge in [-0.3, -0.25) is 14.4 Å². The van der Waals surface area contributed by atoms with E-state index in [1.54, 1.807) is 30.3 Å². The van der Waals surface area contributed by atoms with E-state index >= 15 is 0 Å². The van der Waals surface area contributed by atoms with Crippen LogP contribution in [0.25, 0.3) is 6.08 Å². The lowest BCUT2D eigenvalue weighted by molar-refractivity contribution is -0.137. The van der Waals surface area contributed by atoms with E-state index in [9.17, 15) is 27.6 Å². The summed E-state index contributed by atoms with van der Waals surface area (Å²) in [5.41, 5.74) is 2.22. The van der Waals surface area contributed by atoms with Gasteiger partial charge in [0.05, 0.1) is 16.9 Å². The Labute approximate surface area is 251 Å². The van der Waals surface area contributed by atoms with Crippen LogP contribution < -0.4 is 21.1 Å². The van der Waals surface area contributed by atoms with Gasteiger partial charge >= 0.3 is 6.18 Å². The fraction of sp³-hybridized carbons (Fsp3) is 0.206. The zero-order chi connectivity index (χ0) is 30.8. The fourth-order valence-electron chi connectivity index (χ4n) is 6.03. The fourth-order valence-corrected chi connectivity index (χ4v) is 6.03. The second kappa shape index (κ2) is 11.9. The Balaban J connectivity index is 1.29. The van der Waals surface area contributed by atoms with Crippen LogP contribution in [0, 0.1) is 5.92 Å². The molecule has 2 N–H and O–H groups in total. The van der Waals surface area contributed by atoms with Crippen molar-refractivity contribution in [2.45, 2.75) is 25.1 Å². The summed E-state index contributed by atoms with van der Waals surface area (Å²) in [7, 11) is 0. The minimum atomic E-state index is -4.55. The highest BCUT2D eigenvalue weighted by Crippen LogP contribution is 2.39. The van der Waals surface area contributed by atoms with Gasteiger partial charge in [-0.05, 0) is 66.4 Å². The van der Waals surface area contributed by atoms with Gasteiger partial charge in [-0.25, -0.2) is 0 Å². The number of pyridine rings is 1. The molecule has 2 aliphatic heterocycles. The highest BCUT2D eigenvalue weighted by molar-refractivity contribution is 6.08. The molecule has 0 spiro atoms. The Morgan fingerprint density at radius 3 is 2.43 bits per heavy atom. The molecule has 0 aliphatic carbocycles. The number of piperidine rings is 1. The number of benzene rings is 3. The molecule has 0 radical (unpaired) electrons. The Hall–Kier alpha value is -5.12. The van der Waals surface area contributed by atoms with E-state index in [4.69, 9.17) is 0 Å². The van der Waals surface area contributed by atoms with Crippen molar-refractivity contribution in [2.24, 2.45) is 5.92 Å². The smallest absolute Gasteiger partial charge is 0.369 e. The summed E-state index contributed by atoms with van der Waals surface area (Å²) in [5.74, 6) is -0.691. The summed E-state index contributed by atoms with van der Waals surface area (Å²) < 4.78 is 41.4. The van der Waals surface area contributed by atoms with E-state index < -0.39 is 23.6 Å². The first-order valence-corrected chi connectivity index (χ1v) is 14.3. The van der Waals surface area contributed by atoms with Crippen molar-refractivity contribution >= 4 is 35.0 Å². The third-order valence-electron chi connectivity index (χ3n) is 8.01. The molecular weight excluding hydrogens is 569 g/mol. The Morgan fingerprint density at radius 1 is 0.841 bits per heavy atom. The van der Waals surface area contributed by atoms with E-state index in [1.807, 2.05) is 41.0 Å². The number of halogens is 3. The molecule has 1 aromatic heterocycles.